The summed E-state index contributed by atoms with van der Waals surface area (Å²) in [5.41, 5.74) is 0. The zero-order chi connectivity index (χ0) is 13.1. The number of hydrogen-bond acceptors (Lipinski definition) is 4. The maximum atomic E-state index is 5.82. The molecule has 1 aromatic rings. The Morgan fingerprint density at radius 1 is 1.11 bits per heavy atom. The van der Waals surface area contributed by atoms with E-state index >= 15 is 0 Å². The highest BCUT2D eigenvalue weighted by molar-refractivity contribution is 4.97. The molecule has 0 aromatic carbocycles. The highest BCUT2D eigenvalue weighted by atomic mass is 16.4. The zero-order valence-corrected chi connectivity index (χ0v) is 11.9. The fourth-order valence-corrected chi connectivity index (χ4v) is 3.83. The molecule has 3 atom stereocenters. The summed E-state index contributed by atoms with van der Waals surface area (Å²) >= 11 is 0. The van der Waals surface area contributed by atoms with Crippen LogP contribution in [-0.2, 0) is 6.54 Å². The Bertz CT molecular complexity index is 404. The van der Waals surface area contributed by atoms with E-state index in [0.29, 0.717) is 12.5 Å². The molecule has 0 amide bonds. The third-order valence-corrected chi connectivity index (χ3v) is 4.90. The summed E-state index contributed by atoms with van der Waals surface area (Å²) in [6, 6.07) is 0. The largest absolute Gasteiger partial charge is 0.424 e. The van der Waals surface area contributed by atoms with Crippen molar-refractivity contribution in [1.82, 2.24) is 15.5 Å². The predicted molar refractivity (Wildman–Crippen MR) is 73.7 cm³/mol. The van der Waals surface area contributed by atoms with Gasteiger partial charge in [0.25, 0.3) is 0 Å². The fourth-order valence-electron chi connectivity index (χ4n) is 3.83. The molecule has 106 valence electrons. The molecule has 1 heterocycles. The third kappa shape index (κ3) is 2.99. The first kappa shape index (κ1) is 13.1. The molecule has 0 bridgehead atoms. The van der Waals surface area contributed by atoms with Gasteiger partial charge in [0.2, 0.25) is 11.8 Å². The van der Waals surface area contributed by atoms with Gasteiger partial charge < -0.3 is 9.73 Å². The summed E-state index contributed by atoms with van der Waals surface area (Å²) < 4.78 is 5.82. The summed E-state index contributed by atoms with van der Waals surface area (Å²) in [6.07, 6.45) is 9.60. The Hall–Kier alpha value is -0.900. The summed E-state index contributed by atoms with van der Waals surface area (Å²) in [5.74, 6) is 4.03. The van der Waals surface area contributed by atoms with Crippen molar-refractivity contribution < 1.29 is 4.42 Å². The Morgan fingerprint density at radius 2 is 1.95 bits per heavy atom. The molecule has 0 radical (unpaired) electrons. The van der Waals surface area contributed by atoms with E-state index in [0.717, 1.165) is 30.2 Å². The van der Waals surface area contributed by atoms with Crippen molar-refractivity contribution in [2.24, 2.45) is 11.8 Å². The summed E-state index contributed by atoms with van der Waals surface area (Å²) in [4.78, 5) is 0. The lowest BCUT2D eigenvalue weighted by Crippen LogP contribution is -2.26. The maximum absolute atomic E-state index is 5.82. The molecular formula is C15H25N3O. The van der Waals surface area contributed by atoms with E-state index < -0.39 is 0 Å². The van der Waals surface area contributed by atoms with Crippen LogP contribution in [0.2, 0.25) is 0 Å². The monoisotopic (exact) mass is 263 g/mol. The third-order valence-electron chi connectivity index (χ3n) is 4.90. The van der Waals surface area contributed by atoms with Crippen LogP contribution in [0.25, 0.3) is 0 Å². The summed E-state index contributed by atoms with van der Waals surface area (Å²) in [5, 5.41) is 11.7. The summed E-state index contributed by atoms with van der Waals surface area (Å²) in [6.45, 7) is 3.72. The minimum absolute atomic E-state index is 0.516. The molecule has 0 spiro atoms. The van der Waals surface area contributed by atoms with Gasteiger partial charge in [-0.15, -0.1) is 10.2 Å². The molecule has 0 aliphatic heterocycles. The Balaban J connectivity index is 1.61. The first-order chi connectivity index (χ1) is 9.36. The molecule has 1 aromatic heterocycles. The number of nitrogens with one attached hydrogen (secondary N) is 1. The first-order valence-electron chi connectivity index (χ1n) is 7.89. The van der Waals surface area contributed by atoms with E-state index in [2.05, 4.69) is 22.4 Å². The van der Waals surface area contributed by atoms with Crippen molar-refractivity contribution in [3.63, 3.8) is 0 Å². The average molecular weight is 263 g/mol. The van der Waals surface area contributed by atoms with Crippen LogP contribution in [0.1, 0.15) is 69.6 Å². The van der Waals surface area contributed by atoms with Gasteiger partial charge in [-0.3, -0.25) is 0 Å². The van der Waals surface area contributed by atoms with Crippen molar-refractivity contribution in [3.05, 3.63) is 11.8 Å². The van der Waals surface area contributed by atoms with Gasteiger partial charge >= 0.3 is 0 Å². The second-order valence-corrected chi connectivity index (χ2v) is 6.13. The minimum atomic E-state index is 0.516. The molecule has 2 aliphatic rings. The number of rotatable bonds is 4. The van der Waals surface area contributed by atoms with Gasteiger partial charge in [-0.2, -0.15) is 0 Å². The van der Waals surface area contributed by atoms with Gasteiger partial charge in [0.15, 0.2) is 0 Å². The predicted octanol–water partition coefficient (Wildman–Crippen LogP) is 3.25. The highest BCUT2D eigenvalue weighted by Gasteiger charge is 2.34. The molecule has 19 heavy (non-hydrogen) atoms. The van der Waals surface area contributed by atoms with Crippen LogP contribution in [0, 0.1) is 11.8 Å². The van der Waals surface area contributed by atoms with Crippen LogP contribution >= 0.6 is 0 Å². The van der Waals surface area contributed by atoms with E-state index in [1.54, 1.807) is 0 Å². The number of hydrogen-bond donors (Lipinski definition) is 1. The molecule has 0 saturated heterocycles. The van der Waals surface area contributed by atoms with Crippen LogP contribution in [0.4, 0.5) is 0 Å². The second-order valence-electron chi connectivity index (χ2n) is 6.13. The number of fused-ring (bicyclic) bond motifs is 1. The maximum Gasteiger partial charge on any atom is 0.230 e. The minimum Gasteiger partial charge on any atom is -0.424 e. The number of nitrogens with zero attached hydrogens (tertiary/aromatic N) is 2. The Kier molecular flexibility index (Phi) is 4.16. The van der Waals surface area contributed by atoms with E-state index in [1.807, 2.05) is 0 Å². The van der Waals surface area contributed by atoms with Gasteiger partial charge in [0.05, 0.1) is 6.54 Å². The van der Waals surface area contributed by atoms with Crippen LogP contribution in [0.3, 0.4) is 0 Å². The fraction of sp³-hybridized carbons (Fsp3) is 0.867. The molecule has 2 saturated carbocycles. The van der Waals surface area contributed by atoms with Gasteiger partial charge in [0, 0.05) is 5.92 Å². The smallest absolute Gasteiger partial charge is 0.230 e. The van der Waals surface area contributed by atoms with E-state index in [1.165, 1.54) is 44.9 Å². The van der Waals surface area contributed by atoms with Gasteiger partial charge in [-0.1, -0.05) is 32.6 Å². The van der Waals surface area contributed by atoms with Gasteiger partial charge in [-0.05, 0) is 37.6 Å². The van der Waals surface area contributed by atoms with Crippen molar-refractivity contribution in [1.29, 1.82) is 0 Å². The highest BCUT2D eigenvalue weighted by Crippen LogP contribution is 2.45. The van der Waals surface area contributed by atoms with Crippen LogP contribution in [0.15, 0.2) is 4.42 Å². The lowest BCUT2D eigenvalue weighted by Gasteiger charge is -2.38. The molecule has 3 unspecified atom stereocenters. The molecule has 4 nitrogen and oxygen atoms in total. The normalized spacial score (nSPS) is 31.1. The van der Waals surface area contributed by atoms with Crippen LogP contribution in [0.5, 0.6) is 0 Å². The average Bonchev–Trinajstić information content (AvgIpc) is 2.93. The second kappa shape index (κ2) is 6.04. The SMILES string of the molecule is CCNCc1nnc(C2CCC3CCCCC3C2)o1. The Labute approximate surface area is 115 Å². The first-order valence-corrected chi connectivity index (χ1v) is 7.89. The molecule has 4 heteroatoms. The van der Waals surface area contributed by atoms with E-state index in [9.17, 15) is 0 Å². The van der Waals surface area contributed by atoms with Crippen molar-refractivity contribution in [3.8, 4) is 0 Å². The van der Waals surface area contributed by atoms with Crippen molar-refractivity contribution >= 4 is 0 Å². The van der Waals surface area contributed by atoms with Crippen LogP contribution < -0.4 is 5.32 Å². The molecule has 1 N–H and O–H groups in total. The van der Waals surface area contributed by atoms with E-state index in [-0.39, 0.29) is 0 Å². The lowest BCUT2D eigenvalue weighted by molar-refractivity contribution is 0.145. The van der Waals surface area contributed by atoms with Crippen LogP contribution in [-0.4, -0.2) is 16.7 Å². The topological polar surface area (TPSA) is 51.0 Å². The molecule has 2 fully saturated rings. The standard InChI is InChI=1S/C15H25N3O/c1-2-16-10-14-17-18-15(19-14)13-8-7-11-5-3-4-6-12(11)9-13/h11-13,16H,2-10H2,1H3. The van der Waals surface area contributed by atoms with E-state index in [4.69, 9.17) is 4.42 Å². The molecule has 3 rings (SSSR count). The van der Waals surface area contributed by atoms with Crippen molar-refractivity contribution in [2.45, 2.75) is 64.3 Å². The zero-order valence-electron chi connectivity index (χ0n) is 11.9. The molecular weight excluding hydrogens is 238 g/mol. The quantitative estimate of drug-likeness (QED) is 0.906. The summed E-state index contributed by atoms with van der Waals surface area (Å²) in [7, 11) is 0. The number of aromatic nitrogens is 2. The van der Waals surface area contributed by atoms with Gasteiger partial charge in [-0.25, -0.2) is 0 Å². The molecule has 2 aliphatic carbocycles. The Morgan fingerprint density at radius 3 is 2.79 bits per heavy atom. The van der Waals surface area contributed by atoms with Gasteiger partial charge in [0.1, 0.15) is 0 Å². The van der Waals surface area contributed by atoms with Crippen molar-refractivity contribution in [2.75, 3.05) is 6.54 Å². The lowest BCUT2D eigenvalue weighted by atomic mass is 9.67.